The lowest BCUT2D eigenvalue weighted by Gasteiger charge is -2.14. The Morgan fingerprint density at radius 2 is 2.16 bits per heavy atom. The third-order valence-electron chi connectivity index (χ3n) is 3.34. The third kappa shape index (κ3) is 4.29. The molecule has 19 heavy (non-hydrogen) atoms. The third-order valence-corrected chi connectivity index (χ3v) is 3.62. The van der Waals surface area contributed by atoms with Gasteiger partial charge in [0.1, 0.15) is 0 Å². The van der Waals surface area contributed by atoms with Crippen LogP contribution in [-0.4, -0.2) is 20.3 Å². The number of hydrogen-bond acceptors (Lipinski definition) is 3. The van der Waals surface area contributed by atoms with E-state index in [1.165, 1.54) is 12.8 Å². The van der Waals surface area contributed by atoms with Gasteiger partial charge in [0.25, 0.3) is 0 Å². The Labute approximate surface area is 120 Å². The molecule has 1 fully saturated rings. The monoisotopic (exact) mass is 283 g/mol. The van der Waals surface area contributed by atoms with Crippen molar-refractivity contribution in [2.75, 3.05) is 20.3 Å². The SMILES string of the molecule is CCNCc1cc(Cl)c(OCCC2CC2)c(OC)c1. The fraction of sp³-hybridized carbons (Fsp3) is 0.600. The van der Waals surface area contributed by atoms with E-state index in [2.05, 4.69) is 12.2 Å². The minimum Gasteiger partial charge on any atom is -0.493 e. The van der Waals surface area contributed by atoms with E-state index in [0.717, 1.165) is 36.7 Å². The second-order valence-corrected chi connectivity index (χ2v) is 5.38. The van der Waals surface area contributed by atoms with Gasteiger partial charge in [-0.15, -0.1) is 0 Å². The van der Waals surface area contributed by atoms with Gasteiger partial charge in [0.05, 0.1) is 18.7 Å². The predicted molar refractivity (Wildman–Crippen MR) is 78.2 cm³/mol. The molecule has 3 nitrogen and oxygen atoms in total. The molecular formula is C15H22ClNO2. The highest BCUT2D eigenvalue weighted by Gasteiger charge is 2.21. The van der Waals surface area contributed by atoms with Gasteiger partial charge in [-0.2, -0.15) is 0 Å². The Morgan fingerprint density at radius 3 is 2.79 bits per heavy atom. The molecule has 0 saturated heterocycles. The number of halogens is 1. The van der Waals surface area contributed by atoms with Crippen LogP contribution in [0.5, 0.6) is 11.5 Å². The molecule has 4 heteroatoms. The highest BCUT2D eigenvalue weighted by Crippen LogP contribution is 2.38. The number of hydrogen-bond donors (Lipinski definition) is 1. The van der Waals surface area contributed by atoms with Crippen molar-refractivity contribution >= 4 is 11.6 Å². The van der Waals surface area contributed by atoms with Crippen LogP contribution in [0, 0.1) is 5.92 Å². The Balaban J connectivity index is 2.02. The van der Waals surface area contributed by atoms with E-state index in [-0.39, 0.29) is 0 Å². The molecule has 0 bridgehead atoms. The van der Waals surface area contributed by atoms with Crippen molar-refractivity contribution in [3.05, 3.63) is 22.7 Å². The Bertz CT molecular complexity index is 419. The zero-order valence-electron chi connectivity index (χ0n) is 11.7. The Hall–Kier alpha value is -0.930. The van der Waals surface area contributed by atoms with Gasteiger partial charge >= 0.3 is 0 Å². The summed E-state index contributed by atoms with van der Waals surface area (Å²) in [5, 5.41) is 3.90. The lowest BCUT2D eigenvalue weighted by atomic mass is 10.2. The second kappa shape index (κ2) is 7.01. The van der Waals surface area contributed by atoms with Crippen molar-refractivity contribution in [1.82, 2.24) is 5.32 Å². The minimum atomic E-state index is 0.628. The van der Waals surface area contributed by atoms with Gasteiger partial charge < -0.3 is 14.8 Å². The molecule has 1 saturated carbocycles. The molecule has 0 aromatic heterocycles. The molecule has 2 rings (SSSR count). The standard InChI is InChI=1S/C15H22ClNO2/c1-3-17-10-12-8-13(16)15(14(9-12)18-2)19-7-6-11-4-5-11/h8-9,11,17H,3-7,10H2,1-2H3. The summed E-state index contributed by atoms with van der Waals surface area (Å²) in [5.41, 5.74) is 1.11. The molecule has 0 amide bonds. The normalized spacial score (nSPS) is 14.5. The molecule has 0 aliphatic heterocycles. The molecule has 1 aromatic rings. The van der Waals surface area contributed by atoms with Crippen LogP contribution in [-0.2, 0) is 6.54 Å². The summed E-state index contributed by atoms with van der Waals surface area (Å²) in [6, 6.07) is 3.93. The summed E-state index contributed by atoms with van der Waals surface area (Å²) in [6.07, 6.45) is 3.80. The quantitative estimate of drug-likeness (QED) is 0.790. The largest absolute Gasteiger partial charge is 0.493 e. The van der Waals surface area contributed by atoms with Crippen LogP contribution in [0.4, 0.5) is 0 Å². The van der Waals surface area contributed by atoms with Crippen LogP contribution < -0.4 is 14.8 Å². The second-order valence-electron chi connectivity index (χ2n) is 4.97. The summed E-state index contributed by atoms with van der Waals surface area (Å²) in [7, 11) is 1.65. The van der Waals surface area contributed by atoms with E-state index in [1.54, 1.807) is 7.11 Å². The Kier molecular flexibility index (Phi) is 5.34. The fourth-order valence-electron chi connectivity index (χ4n) is 2.02. The maximum atomic E-state index is 6.29. The van der Waals surface area contributed by atoms with Gasteiger partial charge in [-0.3, -0.25) is 0 Å². The molecule has 0 spiro atoms. The van der Waals surface area contributed by atoms with E-state index in [0.29, 0.717) is 17.4 Å². The number of benzene rings is 1. The summed E-state index contributed by atoms with van der Waals surface area (Å²) in [4.78, 5) is 0. The van der Waals surface area contributed by atoms with Crippen molar-refractivity contribution in [3.63, 3.8) is 0 Å². The number of methoxy groups -OCH3 is 1. The smallest absolute Gasteiger partial charge is 0.179 e. The van der Waals surface area contributed by atoms with Crippen molar-refractivity contribution < 1.29 is 9.47 Å². The van der Waals surface area contributed by atoms with Crippen LogP contribution in [0.1, 0.15) is 31.7 Å². The van der Waals surface area contributed by atoms with Crippen molar-refractivity contribution in [2.45, 2.75) is 32.7 Å². The fourth-order valence-corrected chi connectivity index (χ4v) is 2.31. The van der Waals surface area contributed by atoms with Crippen LogP contribution in [0.15, 0.2) is 12.1 Å². The first-order valence-corrected chi connectivity index (χ1v) is 7.32. The van der Waals surface area contributed by atoms with Gasteiger partial charge in [-0.05, 0) is 36.6 Å². The molecule has 106 valence electrons. The molecular weight excluding hydrogens is 262 g/mol. The van der Waals surface area contributed by atoms with Crippen molar-refractivity contribution in [2.24, 2.45) is 5.92 Å². The molecule has 1 N–H and O–H groups in total. The average molecular weight is 284 g/mol. The summed E-state index contributed by atoms with van der Waals surface area (Å²) < 4.78 is 11.2. The predicted octanol–water partition coefficient (Wildman–Crippen LogP) is 3.64. The zero-order valence-corrected chi connectivity index (χ0v) is 12.4. The van der Waals surface area contributed by atoms with E-state index in [9.17, 15) is 0 Å². The molecule has 0 unspecified atom stereocenters. The van der Waals surface area contributed by atoms with E-state index < -0.39 is 0 Å². The first-order valence-electron chi connectivity index (χ1n) is 6.94. The maximum Gasteiger partial charge on any atom is 0.179 e. The van der Waals surface area contributed by atoms with Gasteiger partial charge in [-0.25, -0.2) is 0 Å². The van der Waals surface area contributed by atoms with Crippen LogP contribution in [0.25, 0.3) is 0 Å². The van der Waals surface area contributed by atoms with Gasteiger partial charge in [0, 0.05) is 6.54 Å². The van der Waals surface area contributed by atoms with Crippen molar-refractivity contribution in [1.29, 1.82) is 0 Å². The lowest BCUT2D eigenvalue weighted by molar-refractivity contribution is 0.283. The van der Waals surface area contributed by atoms with E-state index in [1.807, 2.05) is 12.1 Å². The van der Waals surface area contributed by atoms with Gasteiger partial charge in [0.2, 0.25) is 0 Å². The molecule has 1 aliphatic rings. The van der Waals surface area contributed by atoms with Gasteiger partial charge in [-0.1, -0.05) is 31.4 Å². The lowest BCUT2D eigenvalue weighted by Crippen LogP contribution is -2.12. The van der Waals surface area contributed by atoms with Crippen LogP contribution in [0.2, 0.25) is 5.02 Å². The summed E-state index contributed by atoms with van der Waals surface area (Å²) >= 11 is 6.29. The molecule has 1 aromatic carbocycles. The molecule has 0 radical (unpaired) electrons. The number of nitrogens with one attached hydrogen (secondary N) is 1. The highest BCUT2D eigenvalue weighted by molar-refractivity contribution is 6.32. The summed E-state index contributed by atoms with van der Waals surface area (Å²) in [5.74, 6) is 2.25. The highest BCUT2D eigenvalue weighted by atomic mass is 35.5. The Morgan fingerprint density at radius 1 is 1.37 bits per heavy atom. The van der Waals surface area contributed by atoms with Gasteiger partial charge in [0.15, 0.2) is 11.5 Å². The molecule has 0 heterocycles. The minimum absolute atomic E-state index is 0.628. The first-order chi connectivity index (χ1) is 9.24. The maximum absolute atomic E-state index is 6.29. The van der Waals surface area contributed by atoms with Crippen LogP contribution in [0.3, 0.4) is 0 Å². The topological polar surface area (TPSA) is 30.5 Å². The number of rotatable bonds is 8. The van der Waals surface area contributed by atoms with Crippen molar-refractivity contribution in [3.8, 4) is 11.5 Å². The molecule has 0 atom stereocenters. The number of ether oxygens (including phenoxy) is 2. The van der Waals surface area contributed by atoms with E-state index in [4.69, 9.17) is 21.1 Å². The molecule has 1 aliphatic carbocycles. The zero-order chi connectivity index (χ0) is 13.7. The van der Waals surface area contributed by atoms with E-state index >= 15 is 0 Å². The van der Waals surface area contributed by atoms with Crippen LogP contribution >= 0.6 is 11.6 Å². The average Bonchev–Trinajstić information content (AvgIpc) is 3.22. The summed E-state index contributed by atoms with van der Waals surface area (Å²) in [6.45, 7) is 4.51. The first kappa shape index (κ1) is 14.5.